The van der Waals surface area contributed by atoms with Gasteiger partial charge in [-0.25, -0.2) is 9.78 Å². The first-order valence-electron chi connectivity index (χ1n) is 9.50. The highest BCUT2D eigenvalue weighted by Crippen LogP contribution is 2.29. The molecule has 2 unspecified atom stereocenters. The highest BCUT2D eigenvalue weighted by Gasteiger charge is 2.45. The first-order chi connectivity index (χ1) is 13.9. The van der Waals surface area contributed by atoms with Gasteiger partial charge in [0, 0.05) is 0 Å². The number of nitrogens with zero attached hydrogens (tertiary/aromatic N) is 2. The molecule has 0 bridgehead atoms. The molecule has 7 nitrogen and oxygen atoms in total. The van der Waals surface area contributed by atoms with Crippen LogP contribution in [0, 0.1) is 5.92 Å². The van der Waals surface area contributed by atoms with Crippen LogP contribution in [0.4, 0.5) is 0 Å². The fourth-order valence-electron chi connectivity index (χ4n) is 3.60. The predicted octanol–water partition coefficient (Wildman–Crippen LogP) is 3.49. The monoisotopic (exact) mass is 391 g/mol. The quantitative estimate of drug-likeness (QED) is 0.531. The molecule has 0 saturated heterocycles. The molecule has 0 radical (unpaired) electrons. The van der Waals surface area contributed by atoms with Gasteiger partial charge in [0.05, 0.1) is 22.2 Å². The summed E-state index contributed by atoms with van der Waals surface area (Å²) in [5.41, 5.74) is 2.22. The number of para-hydroxylation sites is 2. The molecule has 0 saturated carbocycles. The van der Waals surface area contributed by atoms with Crippen molar-refractivity contribution in [1.29, 1.82) is 0 Å². The molecule has 4 rings (SSSR count). The van der Waals surface area contributed by atoms with Gasteiger partial charge in [0.1, 0.15) is 11.9 Å². The van der Waals surface area contributed by atoms with Gasteiger partial charge >= 0.3 is 5.97 Å². The summed E-state index contributed by atoms with van der Waals surface area (Å²) in [6.07, 6.45) is -0.661. The van der Waals surface area contributed by atoms with Crippen molar-refractivity contribution in [1.82, 2.24) is 14.9 Å². The van der Waals surface area contributed by atoms with Crippen LogP contribution >= 0.6 is 0 Å². The Labute approximate surface area is 167 Å². The minimum Gasteiger partial charge on any atom is -0.453 e. The lowest BCUT2D eigenvalue weighted by molar-refractivity contribution is -0.155. The van der Waals surface area contributed by atoms with Gasteiger partial charge in [-0.05, 0) is 37.1 Å². The summed E-state index contributed by atoms with van der Waals surface area (Å²) >= 11 is 0. The van der Waals surface area contributed by atoms with Gasteiger partial charge in [0.25, 0.3) is 11.8 Å². The summed E-state index contributed by atoms with van der Waals surface area (Å²) in [6.45, 7) is 5.26. The molecular formula is C22H21N3O4. The maximum Gasteiger partial charge on any atom is 0.330 e. The molecule has 2 atom stereocenters. The van der Waals surface area contributed by atoms with E-state index in [0.29, 0.717) is 17.0 Å². The van der Waals surface area contributed by atoms with E-state index >= 15 is 0 Å². The van der Waals surface area contributed by atoms with Gasteiger partial charge in [-0.2, -0.15) is 0 Å². The average molecular weight is 391 g/mol. The Morgan fingerprint density at radius 1 is 0.966 bits per heavy atom. The second kappa shape index (κ2) is 7.16. The lowest BCUT2D eigenvalue weighted by Crippen LogP contribution is -2.48. The molecule has 148 valence electrons. The number of hydrogen-bond acceptors (Lipinski definition) is 5. The Kier molecular flexibility index (Phi) is 4.66. The third-order valence-corrected chi connectivity index (χ3v) is 5.06. The molecule has 0 aliphatic carbocycles. The Balaban J connectivity index is 1.58. The number of nitrogens with one attached hydrogen (secondary N) is 1. The standard InChI is InChI=1S/C22H21N3O4/c1-12(2)18(25-20(26)14-8-4-5-9-15(14)21(25)27)22(28)29-13(3)19-23-16-10-6-7-11-17(16)24-19/h4-13,18H,1-3H3,(H,23,24). The van der Waals surface area contributed by atoms with Crippen LogP contribution in [0.2, 0.25) is 0 Å². The smallest absolute Gasteiger partial charge is 0.330 e. The highest BCUT2D eigenvalue weighted by atomic mass is 16.5. The van der Waals surface area contributed by atoms with Crippen LogP contribution in [-0.2, 0) is 9.53 Å². The third-order valence-electron chi connectivity index (χ3n) is 5.06. The van der Waals surface area contributed by atoms with E-state index in [1.165, 1.54) is 0 Å². The van der Waals surface area contributed by atoms with Gasteiger partial charge < -0.3 is 9.72 Å². The van der Waals surface area contributed by atoms with Crippen molar-refractivity contribution in [3.63, 3.8) is 0 Å². The van der Waals surface area contributed by atoms with E-state index in [4.69, 9.17) is 4.74 Å². The van der Waals surface area contributed by atoms with Crippen molar-refractivity contribution in [2.75, 3.05) is 0 Å². The first-order valence-corrected chi connectivity index (χ1v) is 9.50. The topological polar surface area (TPSA) is 92.4 Å². The Morgan fingerprint density at radius 3 is 2.14 bits per heavy atom. The lowest BCUT2D eigenvalue weighted by atomic mass is 10.0. The number of carbonyl (C=O) groups is 3. The van der Waals surface area contributed by atoms with E-state index in [9.17, 15) is 14.4 Å². The molecule has 1 aliphatic heterocycles. The molecule has 0 spiro atoms. The van der Waals surface area contributed by atoms with Gasteiger partial charge in [-0.1, -0.05) is 38.1 Å². The molecule has 7 heteroatoms. The SMILES string of the molecule is CC(OC(=O)C(C(C)C)N1C(=O)c2ccccc2C1=O)c1nc2ccccc2[nH]1. The number of amides is 2. The zero-order chi connectivity index (χ0) is 20.7. The predicted molar refractivity (Wildman–Crippen MR) is 106 cm³/mol. The summed E-state index contributed by atoms with van der Waals surface area (Å²) in [5, 5.41) is 0. The maximum atomic E-state index is 13.0. The zero-order valence-electron chi connectivity index (χ0n) is 16.4. The Bertz CT molecular complexity index is 1050. The van der Waals surface area contributed by atoms with Crippen molar-refractivity contribution in [3.05, 3.63) is 65.5 Å². The second-order valence-corrected chi connectivity index (χ2v) is 7.43. The number of imidazole rings is 1. The highest BCUT2D eigenvalue weighted by molar-refractivity contribution is 6.22. The number of fused-ring (bicyclic) bond motifs is 2. The number of aromatic amines is 1. The van der Waals surface area contributed by atoms with Crippen molar-refractivity contribution in [2.45, 2.75) is 32.9 Å². The first kappa shape index (κ1) is 18.9. The summed E-state index contributed by atoms with van der Waals surface area (Å²) in [7, 11) is 0. The number of aromatic nitrogens is 2. The number of carbonyl (C=O) groups excluding carboxylic acids is 3. The van der Waals surface area contributed by atoms with E-state index in [-0.39, 0.29) is 5.92 Å². The second-order valence-electron chi connectivity index (χ2n) is 7.43. The normalized spacial score (nSPS) is 15.7. The van der Waals surface area contributed by atoms with Gasteiger partial charge in [0.15, 0.2) is 6.10 Å². The molecule has 0 fully saturated rings. The van der Waals surface area contributed by atoms with Crippen LogP contribution in [0.25, 0.3) is 11.0 Å². The molecule has 1 aromatic heterocycles. The number of H-pyrrole nitrogens is 1. The van der Waals surface area contributed by atoms with Crippen molar-refractivity contribution in [2.24, 2.45) is 5.92 Å². The third kappa shape index (κ3) is 3.18. The number of esters is 1. The average Bonchev–Trinajstić information content (AvgIpc) is 3.24. The number of imide groups is 1. The molecular weight excluding hydrogens is 370 g/mol. The van der Waals surface area contributed by atoms with Crippen LogP contribution in [0.5, 0.6) is 0 Å². The molecule has 3 aromatic rings. The molecule has 1 N–H and O–H groups in total. The summed E-state index contributed by atoms with van der Waals surface area (Å²) in [5.74, 6) is -1.39. The Morgan fingerprint density at radius 2 is 1.55 bits per heavy atom. The largest absolute Gasteiger partial charge is 0.453 e. The van der Waals surface area contributed by atoms with Crippen molar-refractivity contribution >= 4 is 28.8 Å². The van der Waals surface area contributed by atoms with E-state index < -0.39 is 29.9 Å². The van der Waals surface area contributed by atoms with Crippen LogP contribution in [0.15, 0.2) is 48.5 Å². The van der Waals surface area contributed by atoms with E-state index in [2.05, 4.69) is 9.97 Å². The fourth-order valence-corrected chi connectivity index (χ4v) is 3.60. The number of benzene rings is 2. The molecule has 2 amide bonds. The van der Waals surface area contributed by atoms with Crippen molar-refractivity contribution < 1.29 is 19.1 Å². The zero-order valence-corrected chi connectivity index (χ0v) is 16.4. The summed E-state index contributed by atoms with van der Waals surface area (Å²) in [4.78, 5) is 47.2. The van der Waals surface area contributed by atoms with Crippen LogP contribution in [-0.4, -0.2) is 38.7 Å². The maximum absolute atomic E-state index is 13.0. The molecule has 2 heterocycles. The van der Waals surface area contributed by atoms with Crippen molar-refractivity contribution in [3.8, 4) is 0 Å². The van der Waals surface area contributed by atoms with Crippen LogP contribution in [0.1, 0.15) is 53.4 Å². The van der Waals surface area contributed by atoms with Crippen LogP contribution in [0.3, 0.4) is 0 Å². The number of ether oxygens (including phenoxy) is 1. The number of hydrogen-bond donors (Lipinski definition) is 1. The van der Waals surface area contributed by atoms with E-state index in [0.717, 1.165) is 15.9 Å². The van der Waals surface area contributed by atoms with E-state index in [1.807, 2.05) is 24.3 Å². The van der Waals surface area contributed by atoms with E-state index in [1.54, 1.807) is 45.0 Å². The summed E-state index contributed by atoms with van der Waals surface area (Å²) in [6, 6.07) is 13.1. The molecule has 29 heavy (non-hydrogen) atoms. The van der Waals surface area contributed by atoms with Crippen LogP contribution < -0.4 is 0 Å². The van der Waals surface area contributed by atoms with Gasteiger partial charge in [-0.3, -0.25) is 14.5 Å². The summed E-state index contributed by atoms with van der Waals surface area (Å²) < 4.78 is 5.62. The molecule has 2 aromatic carbocycles. The minimum absolute atomic E-state index is 0.307. The van der Waals surface area contributed by atoms with Gasteiger partial charge in [0.2, 0.25) is 0 Å². The number of rotatable bonds is 5. The minimum atomic E-state index is -1.02. The molecule has 1 aliphatic rings. The fraction of sp³-hybridized carbons (Fsp3) is 0.273. The lowest BCUT2D eigenvalue weighted by Gasteiger charge is -2.28. The van der Waals surface area contributed by atoms with Gasteiger partial charge in [-0.15, -0.1) is 0 Å². The Hall–Kier alpha value is -3.48.